The predicted octanol–water partition coefficient (Wildman–Crippen LogP) is 3.05. The molecule has 1 aromatic carbocycles. The number of nitrogens with zero attached hydrogens (tertiary/aromatic N) is 2. The summed E-state index contributed by atoms with van der Waals surface area (Å²) in [5, 5.41) is 0.901. The lowest BCUT2D eigenvalue weighted by atomic mass is 10.3. The number of thiazole rings is 1. The third-order valence-corrected chi connectivity index (χ3v) is 6.83. The van der Waals surface area contributed by atoms with Crippen molar-refractivity contribution in [3.63, 3.8) is 0 Å². The second-order valence-corrected chi connectivity index (χ2v) is 8.93. The van der Waals surface area contributed by atoms with Gasteiger partial charge in [-0.15, -0.1) is 11.3 Å². The van der Waals surface area contributed by atoms with Gasteiger partial charge in [-0.2, -0.15) is 4.31 Å². The van der Waals surface area contributed by atoms with E-state index in [4.69, 9.17) is 9.47 Å². The highest BCUT2D eigenvalue weighted by Crippen LogP contribution is 2.36. The van der Waals surface area contributed by atoms with Crippen LogP contribution >= 0.6 is 27.3 Å². The van der Waals surface area contributed by atoms with Crippen LogP contribution in [0.25, 0.3) is 0 Å². The third kappa shape index (κ3) is 3.85. The molecule has 0 fully saturated rings. The third-order valence-electron chi connectivity index (χ3n) is 3.17. The number of benzene rings is 1. The minimum Gasteiger partial charge on any atom is -0.493 e. The number of ether oxygens (including phenoxy) is 2. The van der Waals surface area contributed by atoms with Crippen LogP contribution in [0.2, 0.25) is 0 Å². The van der Waals surface area contributed by atoms with E-state index in [0.717, 1.165) is 9.88 Å². The second-order valence-electron chi connectivity index (χ2n) is 4.74. The summed E-state index contributed by atoms with van der Waals surface area (Å²) in [5.41, 5.74) is 0. The fourth-order valence-corrected chi connectivity index (χ4v) is 5.06. The minimum atomic E-state index is -3.69. The van der Waals surface area contributed by atoms with Gasteiger partial charge in [0.15, 0.2) is 11.5 Å². The predicted molar refractivity (Wildman–Crippen MR) is 92.7 cm³/mol. The van der Waals surface area contributed by atoms with Crippen molar-refractivity contribution in [2.75, 3.05) is 21.3 Å². The maximum atomic E-state index is 12.8. The molecule has 0 unspecified atom stereocenters. The first kappa shape index (κ1) is 18.2. The SMILES string of the molecule is COc1cc(Br)c(S(=O)(=O)N(C)Cc2cnc(C)s2)cc1OC. The maximum absolute atomic E-state index is 12.8. The first-order chi connectivity index (χ1) is 10.8. The molecule has 0 bridgehead atoms. The molecule has 23 heavy (non-hydrogen) atoms. The highest BCUT2D eigenvalue weighted by molar-refractivity contribution is 9.10. The maximum Gasteiger partial charge on any atom is 0.244 e. The van der Waals surface area contributed by atoms with Crippen LogP contribution < -0.4 is 9.47 Å². The van der Waals surface area contributed by atoms with E-state index in [0.29, 0.717) is 16.0 Å². The summed E-state index contributed by atoms with van der Waals surface area (Å²) in [6.07, 6.45) is 1.69. The van der Waals surface area contributed by atoms with Gasteiger partial charge in [0, 0.05) is 35.2 Å². The number of sulfonamides is 1. The van der Waals surface area contributed by atoms with Crippen LogP contribution in [-0.4, -0.2) is 39.0 Å². The molecule has 1 aromatic heterocycles. The smallest absolute Gasteiger partial charge is 0.244 e. The summed E-state index contributed by atoms with van der Waals surface area (Å²) in [4.78, 5) is 5.15. The average molecular weight is 421 g/mol. The molecule has 0 N–H and O–H groups in total. The Kier molecular flexibility index (Phi) is 5.66. The van der Waals surface area contributed by atoms with Crippen molar-refractivity contribution in [2.45, 2.75) is 18.4 Å². The Labute approximate surface area is 148 Å². The highest BCUT2D eigenvalue weighted by Gasteiger charge is 2.26. The van der Waals surface area contributed by atoms with Gasteiger partial charge in [-0.25, -0.2) is 13.4 Å². The van der Waals surface area contributed by atoms with Crippen LogP contribution in [0.15, 0.2) is 27.7 Å². The minimum absolute atomic E-state index is 0.124. The van der Waals surface area contributed by atoms with E-state index in [1.165, 1.54) is 43.0 Å². The van der Waals surface area contributed by atoms with Crippen LogP contribution in [0.5, 0.6) is 11.5 Å². The van der Waals surface area contributed by atoms with Crippen molar-refractivity contribution in [1.29, 1.82) is 0 Å². The lowest BCUT2D eigenvalue weighted by molar-refractivity contribution is 0.353. The van der Waals surface area contributed by atoms with E-state index < -0.39 is 10.0 Å². The molecule has 9 heteroatoms. The quantitative estimate of drug-likeness (QED) is 0.717. The van der Waals surface area contributed by atoms with Gasteiger partial charge in [0.25, 0.3) is 0 Å². The number of hydrogen-bond acceptors (Lipinski definition) is 6. The van der Waals surface area contributed by atoms with Gasteiger partial charge in [0.05, 0.1) is 19.2 Å². The molecule has 126 valence electrons. The van der Waals surface area contributed by atoms with Gasteiger partial charge < -0.3 is 9.47 Å². The lowest BCUT2D eigenvalue weighted by Gasteiger charge is -2.18. The number of halogens is 1. The number of rotatable bonds is 6. The standard InChI is InChI=1S/C14H17BrN2O4S2/c1-9-16-7-10(22-9)8-17(2)23(18,19)14-6-13(21-4)12(20-3)5-11(14)15/h5-7H,8H2,1-4H3. The van der Waals surface area contributed by atoms with E-state index in [1.807, 2.05) is 6.92 Å². The molecular formula is C14H17BrN2O4S2. The van der Waals surface area contributed by atoms with Gasteiger partial charge in [-0.05, 0) is 28.9 Å². The summed E-state index contributed by atoms with van der Waals surface area (Å²) < 4.78 is 37.7. The van der Waals surface area contributed by atoms with E-state index in [-0.39, 0.29) is 11.4 Å². The molecule has 0 aliphatic rings. The number of hydrogen-bond donors (Lipinski definition) is 0. The van der Waals surface area contributed by atoms with Crippen LogP contribution in [0.3, 0.4) is 0 Å². The van der Waals surface area contributed by atoms with Crippen molar-refractivity contribution >= 4 is 37.3 Å². The first-order valence-corrected chi connectivity index (χ1v) is 9.63. The van der Waals surface area contributed by atoms with Gasteiger partial charge >= 0.3 is 0 Å². The molecule has 0 saturated carbocycles. The van der Waals surface area contributed by atoms with Crippen molar-refractivity contribution in [3.05, 3.63) is 32.7 Å². The molecule has 2 aromatic rings. The molecular weight excluding hydrogens is 404 g/mol. The zero-order valence-corrected chi connectivity index (χ0v) is 16.4. The molecule has 0 aliphatic heterocycles. The van der Waals surface area contributed by atoms with Gasteiger partial charge in [-0.3, -0.25) is 0 Å². The van der Waals surface area contributed by atoms with Gasteiger partial charge in [-0.1, -0.05) is 0 Å². The Bertz CT molecular complexity index is 805. The zero-order chi connectivity index (χ0) is 17.2. The molecule has 0 spiro atoms. The fraction of sp³-hybridized carbons (Fsp3) is 0.357. The number of aromatic nitrogens is 1. The first-order valence-electron chi connectivity index (χ1n) is 6.58. The topological polar surface area (TPSA) is 68.7 Å². The lowest BCUT2D eigenvalue weighted by Crippen LogP contribution is -2.26. The van der Waals surface area contributed by atoms with Crippen LogP contribution in [0, 0.1) is 6.92 Å². The average Bonchev–Trinajstić information content (AvgIpc) is 2.91. The van der Waals surface area contributed by atoms with Crippen molar-refractivity contribution in [3.8, 4) is 11.5 Å². The Morgan fingerprint density at radius 3 is 2.39 bits per heavy atom. The molecule has 0 aliphatic carbocycles. The van der Waals surface area contributed by atoms with Gasteiger partial charge in [0.2, 0.25) is 10.0 Å². The molecule has 0 amide bonds. The normalized spacial score (nSPS) is 11.7. The fourth-order valence-electron chi connectivity index (χ4n) is 1.98. The largest absolute Gasteiger partial charge is 0.493 e. The molecule has 0 radical (unpaired) electrons. The second kappa shape index (κ2) is 7.16. The summed E-state index contributed by atoms with van der Waals surface area (Å²) in [6.45, 7) is 2.14. The Morgan fingerprint density at radius 2 is 1.87 bits per heavy atom. The van der Waals surface area contributed by atoms with E-state index >= 15 is 0 Å². The summed E-state index contributed by atoms with van der Waals surface area (Å²) in [7, 11) is 0.810. The molecule has 0 saturated heterocycles. The van der Waals surface area contributed by atoms with Crippen molar-refractivity contribution < 1.29 is 17.9 Å². The highest BCUT2D eigenvalue weighted by atomic mass is 79.9. The van der Waals surface area contributed by atoms with E-state index in [9.17, 15) is 8.42 Å². The van der Waals surface area contributed by atoms with E-state index in [2.05, 4.69) is 20.9 Å². The Morgan fingerprint density at radius 1 is 1.26 bits per heavy atom. The summed E-state index contributed by atoms with van der Waals surface area (Å²) in [6, 6.07) is 3.03. The molecule has 2 rings (SSSR count). The Hall–Kier alpha value is -1.16. The van der Waals surface area contributed by atoms with Crippen molar-refractivity contribution in [1.82, 2.24) is 9.29 Å². The monoisotopic (exact) mass is 420 g/mol. The Balaban J connectivity index is 2.38. The van der Waals surface area contributed by atoms with Crippen LogP contribution in [-0.2, 0) is 16.6 Å². The molecule has 1 heterocycles. The number of aryl methyl sites for hydroxylation is 1. The summed E-state index contributed by atoms with van der Waals surface area (Å²) >= 11 is 4.77. The molecule has 6 nitrogen and oxygen atoms in total. The van der Waals surface area contributed by atoms with Crippen molar-refractivity contribution in [2.24, 2.45) is 0 Å². The van der Waals surface area contributed by atoms with E-state index in [1.54, 1.807) is 12.3 Å². The van der Waals surface area contributed by atoms with Gasteiger partial charge in [0.1, 0.15) is 4.90 Å². The van der Waals surface area contributed by atoms with Crippen LogP contribution in [0.1, 0.15) is 9.88 Å². The number of methoxy groups -OCH3 is 2. The summed E-state index contributed by atoms with van der Waals surface area (Å²) in [5.74, 6) is 0.815. The zero-order valence-electron chi connectivity index (χ0n) is 13.2. The molecule has 0 atom stereocenters. The van der Waals surface area contributed by atoms with Crippen LogP contribution in [0.4, 0.5) is 0 Å².